The van der Waals surface area contributed by atoms with Crippen LogP contribution in [0.5, 0.6) is 5.75 Å². The van der Waals surface area contributed by atoms with Crippen molar-refractivity contribution in [2.24, 2.45) is 0 Å². The largest absolute Gasteiger partial charge is 0.508 e. The molecule has 1 atom stereocenters. The molecule has 2 heterocycles. The highest BCUT2D eigenvalue weighted by atomic mass is 32.2. The van der Waals surface area contributed by atoms with Crippen LogP contribution < -0.4 is 10.2 Å². The third-order valence-electron chi connectivity index (χ3n) is 5.25. The molecule has 0 spiro atoms. The Morgan fingerprint density at radius 3 is 2.59 bits per heavy atom. The topological polar surface area (TPSA) is 92.5 Å². The van der Waals surface area contributed by atoms with Crippen LogP contribution in [0.25, 0.3) is 11.4 Å². The fourth-order valence-corrected chi connectivity index (χ4v) is 4.29. The number of thioether (sulfide) groups is 1. The number of hydrogen-bond acceptors (Lipinski definition) is 7. The van der Waals surface area contributed by atoms with E-state index in [2.05, 4.69) is 15.5 Å². The molecule has 1 aliphatic rings. The van der Waals surface area contributed by atoms with Gasteiger partial charge in [0.1, 0.15) is 5.75 Å². The Hall–Kier alpha value is -3.04. The van der Waals surface area contributed by atoms with E-state index in [-0.39, 0.29) is 23.5 Å². The fourth-order valence-electron chi connectivity index (χ4n) is 3.55. The molecule has 168 valence electrons. The van der Waals surface area contributed by atoms with Crippen LogP contribution >= 0.6 is 11.8 Å². The second-order valence-electron chi connectivity index (χ2n) is 7.88. The van der Waals surface area contributed by atoms with Gasteiger partial charge < -0.3 is 20.1 Å². The lowest BCUT2D eigenvalue weighted by Crippen LogP contribution is -2.18. The van der Waals surface area contributed by atoms with E-state index in [9.17, 15) is 9.90 Å². The van der Waals surface area contributed by atoms with Crippen LogP contribution in [-0.4, -0.2) is 58.3 Å². The lowest BCUT2D eigenvalue weighted by molar-refractivity contribution is -0.113. The van der Waals surface area contributed by atoms with Gasteiger partial charge in [-0.1, -0.05) is 11.8 Å². The first-order chi connectivity index (χ1) is 15.5. The summed E-state index contributed by atoms with van der Waals surface area (Å²) in [5.74, 6) is 1.01. The normalized spacial score (nSPS) is 15.6. The second-order valence-corrected chi connectivity index (χ2v) is 8.82. The average molecular weight is 454 g/mol. The van der Waals surface area contributed by atoms with E-state index in [0.29, 0.717) is 17.5 Å². The Kier molecular flexibility index (Phi) is 6.96. The second kappa shape index (κ2) is 10.1. The standard InChI is InChI=1S/C23H27N5O3S/c1-27(2)18-9-7-17(8-10-18)24-21(30)15-32-23-26-25-22(16-5-11-19(29)12-6-16)28(23)14-20-4-3-13-31-20/h5-12,20,29H,3-4,13-15H2,1-2H3,(H,24,30). The van der Waals surface area contributed by atoms with Crippen molar-refractivity contribution in [2.45, 2.75) is 30.6 Å². The summed E-state index contributed by atoms with van der Waals surface area (Å²) in [6.45, 7) is 1.39. The Morgan fingerprint density at radius 2 is 1.94 bits per heavy atom. The van der Waals surface area contributed by atoms with E-state index >= 15 is 0 Å². The Morgan fingerprint density at radius 1 is 1.19 bits per heavy atom. The highest BCUT2D eigenvalue weighted by Gasteiger charge is 2.22. The highest BCUT2D eigenvalue weighted by Crippen LogP contribution is 2.27. The molecule has 8 nitrogen and oxygen atoms in total. The van der Waals surface area contributed by atoms with Gasteiger partial charge in [0, 0.05) is 37.6 Å². The van der Waals surface area contributed by atoms with Gasteiger partial charge in [-0.25, -0.2) is 0 Å². The lowest BCUT2D eigenvalue weighted by Gasteiger charge is -2.15. The maximum atomic E-state index is 12.5. The van der Waals surface area contributed by atoms with Crippen LogP contribution in [-0.2, 0) is 16.1 Å². The zero-order valence-corrected chi connectivity index (χ0v) is 19.0. The zero-order valence-electron chi connectivity index (χ0n) is 18.2. The van der Waals surface area contributed by atoms with Crippen molar-refractivity contribution in [3.05, 3.63) is 48.5 Å². The quantitative estimate of drug-likeness (QED) is 0.503. The van der Waals surface area contributed by atoms with E-state index in [1.807, 2.05) is 60.0 Å². The monoisotopic (exact) mass is 453 g/mol. The van der Waals surface area contributed by atoms with Gasteiger partial charge in [0.2, 0.25) is 5.91 Å². The van der Waals surface area contributed by atoms with Crippen molar-refractivity contribution in [1.82, 2.24) is 14.8 Å². The number of nitrogens with zero attached hydrogens (tertiary/aromatic N) is 4. The number of carbonyl (C=O) groups is 1. The fraction of sp³-hybridized carbons (Fsp3) is 0.348. The third kappa shape index (κ3) is 5.41. The molecule has 32 heavy (non-hydrogen) atoms. The smallest absolute Gasteiger partial charge is 0.234 e. The van der Waals surface area contributed by atoms with Gasteiger partial charge in [-0.05, 0) is 61.4 Å². The molecular weight excluding hydrogens is 426 g/mol. The van der Waals surface area contributed by atoms with Gasteiger partial charge in [0.05, 0.1) is 18.4 Å². The van der Waals surface area contributed by atoms with Crippen LogP contribution in [0.1, 0.15) is 12.8 Å². The lowest BCUT2D eigenvalue weighted by atomic mass is 10.2. The van der Waals surface area contributed by atoms with Gasteiger partial charge in [-0.15, -0.1) is 10.2 Å². The molecule has 0 bridgehead atoms. The summed E-state index contributed by atoms with van der Waals surface area (Å²) in [4.78, 5) is 14.5. The van der Waals surface area contributed by atoms with Crippen LogP contribution in [0.15, 0.2) is 53.7 Å². The van der Waals surface area contributed by atoms with Crippen LogP contribution in [0.2, 0.25) is 0 Å². The molecule has 0 radical (unpaired) electrons. The summed E-state index contributed by atoms with van der Waals surface area (Å²) in [6.07, 6.45) is 2.13. The number of amides is 1. The first kappa shape index (κ1) is 22.2. The molecule has 4 rings (SSSR count). The number of hydrogen-bond donors (Lipinski definition) is 2. The van der Waals surface area contributed by atoms with E-state index in [4.69, 9.17) is 4.74 Å². The molecule has 1 saturated heterocycles. The molecular formula is C23H27N5O3S. The summed E-state index contributed by atoms with van der Waals surface area (Å²) in [5, 5.41) is 21.9. The molecule has 1 aromatic heterocycles. The number of aromatic nitrogens is 3. The van der Waals surface area contributed by atoms with Gasteiger partial charge in [-0.3, -0.25) is 9.36 Å². The minimum Gasteiger partial charge on any atom is -0.508 e. The molecule has 2 N–H and O–H groups in total. The van der Waals surface area contributed by atoms with Crippen molar-refractivity contribution < 1.29 is 14.6 Å². The van der Waals surface area contributed by atoms with Crippen LogP contribution in [0.3, 0.4) is 0 Å². The maximum absolute atomic E-state index is 12.5. The van der Waals surface area contributed by atoms with E-state index in [0.717, 1.165) is 36.4 Å². The van der Waals surface area contributed by atoms with E-state index in [1.165, 1.54) is 11.8 Å². The first-order valence-corrected chi connectivity index (χ1v) is 11.5. The molecule has 0 saturated carbocycles. The van der Waals surface area contributed by atoms with Crippen molar-refractivity contribution in [1.29, 1.82) is 0 Å². The molecule has 1 amide bonds. The van der Waals surface area contributed by atoms with Gasteiger partial charge in [-0.2, -0.15) is 0 Å². The van der Waals surface area contributed by atoms with E-state index in [1.54, 1.807) is 12.1 Å². The Bertz CT molecular complexity index is 1040. The molecule has 2 aromatic carbocycles. The number of anilines is 2. The van der Waals surface area contributed by atoms with Crippen LogP contribution in [0, 0.1) is 0 Å². The number of carbonyl (C=O) groups excluding carboxylic acids is 1. The number of phenols is 1. The third-order valence-corrected chi connectivity index (χ3v) is 6.22. The Labute approximate surface area is 191 Å². The molecule has 1 aliphatic heterocycles. The number of rotatable bonds is 8. The summed E-state index contributed by atoms with van der Waals surface area (Å²) in [7, 11) is 3.95. The predicted octanol–water partition coefficient (Wildman–Crippen LogP) is 3.63. The minimum absolute atomic E-state index is 0.102. The average Bonchev–Trinajstić information content (AvgIpc) is 3.44. The first-order valence-electron chi connectivity index (χ1n) is 10.5. The maximum Gasteiger partial charge on any atom is 0.234 e. The SMILES string of the molecule is CN(C)c1ccc(NC(=O)CSc2nnc(-c3ccc(O)cc3)n2CC2CCCO2)cc1. The molecule has 3 aromatic rings. The minimum atomic E-state index is -0.106. The Balaban J connectivity index is 1.46. The predicted molar refractivity (Wildman–Crippen MR) is 126 cm³/mol. The molecule has 1 fully saturated rings. The zero-order chi connectivity index (χ0) is 22.5. The number of benzene rings is 2. The molecule has 9 heteroatoms. The molecule has 1 unspecified atom stereocenters. The summed E-state index contributed by atoms with van der Waals surface area (Å²) >= 11 is 1.35. The highest BCUT2D eigenvalue weighted by molar-refractivity contribution is 7.99. The number of ether oxygens (including phenoxy) is 1. The number of aromatic hydroxyl groups is 1. The van der Waals surface area contributed by atoms with Crippen molar-refractivity contribution in [2.75, 3.05) is 36.7 Å². The summed E-state index contributed by atoms with van der Waals surface area (Å²) in [6, 6.07) is 14.6. The summed E-state index contributed by atoms with van der Waals surface area (Å²) in [5.41, 5.74) is 2.68. The van der Waals surface area contributed by atoms with Gasteiger partial charge in [0.15, 0.2) is 11.0 Å². The number of nitrogens with one attached hydrogen (secondary N) is 1. The van der Waals surface area contributed by atoms with Crippen LogP contribution in [0.4, 0.5) is 11.4 Å². The molecule has 0 aliphatic carbocycles. The number of phenolic OH excluding ortho intramolecular Hbond substituents is 1. The van der Waals surface area contributed by atoms with E-state index < -0.39 is 0 Å². The van der Waals surface area contributed by atoms with Gasteiger partial charge >= 0.3 is 0 Å². The van der Waals surface area contributed by atoms with Crippen molar-refractivity contribution >= 4 is 29.0 Å². The van der Waals surface area contributed by atoms with Gasteiger partial charge in [0.25, 0.3) is 0 Å². The van der Waals surface area contributed by atoms with Crippen molar-refractivity contribution in [3.8, 4) is 17.1 Å². The summed E-state index contributed by atoms with van der Waals surface area (Å²) < 4.78 is 7.82. The van der Waals surface area contributed by atoms with Crippen molar-refractivity contribution in [3.63, 3.8) is 0 Å².